The first kappa shape index (κ1) is 23.8. The average molecular weight is 464 g/mol. The van der Waals surface area contributed by atoms with E-state index in [0.29, 0.717) is 11.3 Å². The minimum Gasteiger partial charge on any atom is -0.508 e. The van der Waals surface area contributed by atoms with Crippen LogP contribution in [-0.2, 0) is 20.8 Å². The van der Waals surface area contributed by atoms with Crippen molar-refractivity contribution >= 4 is 29.1 Å². The monoisotopic (exact) mass is 463 g/mol. The minimum absolute atomic E-state index is 0.134. The van der Waals surface area contributed by atoms with E-state index in [1.54, 1.807) is 37.5 Å². The number of aliphatic hydroxyl groups is 3. The number of thioether (sulfide) groups is 1. The molecule has 12 heteroatoms. The molecule has 0 saturated carbocycles. The number of nitrogen functional groups attached to an aromatic ring is 1. The normalized spacial score (nSPS) is 22.9. The molecule has 32 heavy (non-hydrogen) atoms. The summed E-state index contributed by atoms with van der Waals surface area (Å²) in [5.74, 6) is -0.919. The lowest BCUT2D eigenvalue weighted by Gasteiger charge is -2.23. The molecule has 0 aliphatic carbocycles. The Hall–Kier alpha value is -2.85. The smallest absolute Gasteiger partial charge is 0.323 e. The lowest BCUT2D eigenvalue weighted by atomic mass is 9.98. The molecule has 0 radical (unpaired) electrons. The van der Waals surface area contributed by atoms with Gasteiger partial charge >= 0.3 is 5.97 Å². The number of nitrogens with zero attached hydrogens (tertiary/aromatic N) is 4. The Morgan fingerprint density at radius 3 is 2.75 bits per heavy atom. The van der Waals surface area contributed by atoms with E-state index in [0.717, 1.165) is 11.8 Å². The van der Waals surface area contributed by atoms with E-state index < -0.39 is 34.7 Å². The molecule has 11 nitrogen and oxygen atoms in total. The Morgan fingerprint density at radius 2 is 2.16 bits per heavy atom. The van der Waals surface area contributed by atoms with Crippen LogP contribution in [0.25, 0.3) is 5.52 Å². The van der Waals surface area contributed by atoms with Crippen molar-refractivity contribution < 1.29 is 29.4 Å². The quantitative estimate of drug-likeness (QED) is 0.270. The number of ether oxygens (including phenoxy) is 1. The maximum Gasteiger partial charge on any atom is 0.323 e. The zero-order chi connectivity index (χ0) is 23.8. The Bertz CT molecular complexity index is 1110. The molecule has 3 heterocycles. The molecule has 2 aromatic heterocycles. The number of hydrogen-bond donors (Lipinski definition) is 5. The van der Waals surface area contributed by atoms with Crippen LogP contribution in [0.5, 0.6) is 0 Å². The van der Waals surface area contributed by atoms with Crippen LogP contribution < -0.4 is 16.0 Å². The first-order valence-electron chi connectivity index (χ1n) is 10.00. The van der Waals surface area contributed by atoms with Gasteiger partial charge in [-0.05, 0) is 30.1 Å². The van der Waals surface area contributed by atoms with Crippen LogP contribution in [0.4, 0.5) is 5.82 Å². The average Bonchev–Trinajstić information content (AvgIpc) is 3.28. The molecule has 0 spiro atoms. The fourth-order valence-electron chi connectivity index (χ4n) is 3.37. The zero-order valence-electron chi connectivity index (χ0n) is 18.0. The van der Waals surface area contributed by atoms with Gasteiger partial charge in [0.05, 0.1) is 29.3 Å². The van der Waals surface area contributed by atoms with Gasteiger partial charge in [-0.3, -0.25) is 4.79 Å². The SMILES string of the molecule is CC(O)C[n+]1cnn2c([C@]3(C#N)SC(COC(=O)[C@@H](N)C(C)C)=C(O)C3O)ccc2c1N. The molecule has 172 valence electrons. The third-order valence-electron chi connectivity index (χ3n) is 5.29. The van der Waals surface area contributed by atoms with Gasteiger partial charge < -0.3 is 31.5 Å². The van der Waals surface area contributed by atoms with Crippen LogP contribution >= 0.6 is 11.8 Å². The molecule has 1 aliphatic heterocycles. The Morgan fingerprint density at radius 1 is 1.47 bits per heavy atom. The van der Waals surface area contributed by atoms with E-state index in [-0.39, 0.29) is 29.7 Å². The highest BCUT2D eigenvalue weighted by Crippen LogP contribution is 2.52. The van der Waals surface area contributed by atoms with Gasteiger partial charge in [0.25, 0.3) is 6.33 Å². The number of aliphatic hydroxyl groups excluding tert-OH is 3. The molecule has 0 amide bonds. The van der Waals surface area contributed by atoms with Crippen molar-refractivity contribution in [2.24, 2.45) is 11.7 Å². The van der Waals surface area contributed by atoms with Gasteiger partial charge in [0.15, 0.2) is 10.3 Å². The van der Waals surface area contributed by atoms with E-state index in [4.69, 9.17) is 16.2 Å². The highest BCUT2D eigenvalue weighted by molar-refractivity contribution is 8.04. The molecular weight excluding hydrogens is 436 g/mol. The standard InChI is InChI=1S/C20H26N6O5S/c1-10(2)15(22)19(30)31-7-13-16(28)17(29)20(8-21,32-13)14-5-4-12-18(23)25(6-11(3)27)9-24-26(12)14/h4-5,9-11,15,17,23,27-29H,6-7,22H2,1-3H3/p+1/t11?,15-,17?,20-/m0/s1. The summed E-state index contributed by atoms with van der Waals surface area (Å²) < 4.78 is 6.52. The van der Waals surface area contributed by atoms with E-state index in [9.17, 15) is 25.4 Å². The Balaban J connectivity index is 1.92. The lowest BCUT2D eigenvalue weighted by molar-refractivity contribution is -0.691. The molecule has 0 fully saturated rings. The molecule has 3 rings (SSSR count). The van der Waals surface area contributed by atoms with Gasteiger partial charge in [-0.25, -0.2) is 4.57 Å². The number of rotatable bonds is 7. The summed E-state index contributed by atoms with van der Waals surface area (Å²) in [5.41, 5.74) is 12.7. The first-order valence-corrected chi connectivity index (χ1v) is 10.8. The minimum atomic E-state index is -1.64. The molecule has 0 aromatic carbocycles. The van der Waals surface area contributed by atoms with Crippen LogP contribution in [-0.4, -0.2) is 55.8 Å². The first-order chi connectivity index (χ1) is 15.0. The van der Waals surface area contributed by atoms with Gasteiger partial charge in [0, 0.05) is 0 Å². The van der Waals surface area contributed by atoms with Crippen molar-refractivity contribution in [1.29, 1.82) is 5.26 Å². The van der Waals surface area contributed by atoms with E-state index in [1.807, 2.05) is 0 Å². The number of hydrogen-bond acceptors (Lipinski definition) is 10. The van der Waals surface area contributed by atoms with Gasteiger partial charge in [-0.2, -0.15) is 9.78 Å². The molecule has 0 bridgehead atoms. The molecule has 4 atom stereocenters. The Labute approximate surface area is 188 Å². The highest BCUT2D eigenvalue weighted by atomic mass is 32.2. The van der Waals surface area contributed by atoms with E-state index >= 15 is 0 Å². The fourth-order valence-corrected chi connectivity index (χ4v) is 4.62. The van der Waals surface area contributed by atoms with Gasteiger partial charge in [-0.1, -0.05) is 25.6 Å². The van der Waals surface area contributed by atoms with E-state index in [1.165, 1.54) is 10.8 Å². The highest BCUT2D eigenvalue weighted by Gasteiger charge is 2.53. The molecule has 2 aromatic rings. The second-order valence-electron chi connectivity index (χ2n) is 8.07. The number of carbonyl (C=O) groups excluding carboxylic acids is 1. The maximum atomic E-state index is 12.1. The summed E-state index contributed by atoms with van der Waals surface area (Å²) in [6.45, 7) is 5.07. The fraction of sp³-hybridized carbons (Fsp3) is 0.500. The van der Waals surface area contributed by atoms with Crippen molar-refractivity contribution in [3.63, 3.8) is 0 Å². The summed E-state index contributed by atoms with van der Waals surface area (Å²) in [6, 6.07) is 4.47. The number of nitriles is 1. The number of anilines is 1. The second kappa shape index (κ2) is 8.95. The molecule has 1 aliphatic rings. The largest absolute Gasteiger partial charge is 0.508 e. The summed E-state index contributed by atoms with van der Waals surface area (Å²) in [5, 5.41) is 45.3. The molecule has 2 unspecified atom stereocenters. The number of aromatic nitrogens is 3. The molecule has 7 N–H and O–H groups in total. The van der Waals surface area contributed by atoms with Crippen molar-refractivity contribution in [3.05, 3.63) is 34.8 Å². The van der Waals surface area contributed by atoms with Crippen LogP contribution in [0.15, 0.2) is 29.1 Å². The molecule has 0 saturated heterocycles. The van der Waals surface area contributed by atoms with Crippen LogP contribution in [0.1, 0.15) is 26.5 Å². The van der Waals surface area contributed by atoms with Crippen molar-refractivity contribution in [3.8, 4) is 6.07 Å². The summed E-state index contributed by atoms with van der Waals surface area (Å²) in [7, 11) is 0. The van der Waals surface area contributed by atoms with Crippen LogP contribution in [0.3, 0.4) is 0 Å². The Kier molecular flexibility index (Phi) is 6.66. The van der Waals surface area contributed by atoms with Crippen molar-refractivity contribution in [2.75, 3.05) is 12.3 Å². The summed E-state index contributed by atoms with van der Waals surface area (Å²) in [6.07, 6.45) is -0.816. The van der Waals surface area contributed by atoms with Gasteiger partial charge in [-0.15, -0.1) is 0 Å². The number of carbonyl (C=O) groups is 1. The lowest BCUT2D eigenvalue weighted by Crippen LogP contribution is -2.43. The number of esters is 1. The predicted molar refractivity (Wildman–Crippen MR) is 116 cm³/mol. The summed E-state index contributed by atoms with van der Waals surface area (Å²) >= 11 is 0.882. The zero-order valence-corrected chi connectivity index (χ0v) is 18.8. The number of nitrogens with two attached hydrogens (primary N) is 2. The second-order valence-corrected chi connectivity index (χ2v) is 9.41. The van der Waals surface area contributed by atoms with Crippen LogP contribution in [0.2, 0.25) is 0 Å². The third kappa shape index (κ3) is 4.00. The van der Waals surface area contributed by atoms with Gasteiger partial charge in [0.2, 0.25) is 5.82 Å². The third-order valence-corrected chi connectivity index (χ3v) is 6.71. The van der Waals surface area contributed by atoms with Crippen molar-refractivity contribution in [2.45, 2.75) is 50.3 Å². The molecular formula is C20H27N6O5S+. The summed E-state index contributed by atoms with van der Waals surface area (Å²) in [4.78, 5) is 12.2. The maximum absolute atomic E-state index is 12.1. The topological polar surface area (TPSA) is 184 Å². The van der Waals surface area contributed by atoms with Crippen molar-refractivity contribution in [1.82, 2.24) is 9.61 Å². The van der Waals surface area contributed by atoms with E-state index in [2.05, 4.69) is 11.2 Å². The number of fused-ring (bicyclic) bond motifs is 1. The van der Waals surface area contributed by atoms with Crippen LogP contribution in [0, 0.1) is 17.2 Å². The predicted octanol–water partition coefficient (Wildman–Crippen LogP) is -0.293. The van der Waals surface area contributed by atoms with Gasteiger partial charge in [0.1, 0.15) is 24.5 Å².